The Morgan fingerprint density at radius 3 is 2.53 bits per heavy atom. The second-order valence-corrected chi connectivity index (χ2v) is 4.74. The summed E-state index contributed by atoms with van der Waals surface area (Å²) in [6, 6.07) is 12.9. The van der Waals surface area contributed by atoms with Gasteiger partial charge in [-0.05, 0) is 24.3 Å². The molecule has 1 aromatic heterocycles. The summed E-state index contributed by atoms with van der Waals surface area (Å²) in [6.07, 6.45) is 1.64. The SMILES string of the molecule is O=C(CSc1ccccc1)NNC(=O)c1ccc[nH]1. The van der Waals surface area contributed by atoms with Gasteiger partial charge in [-0.1, -0.05) is 18.2 Å². The summed E-state index contributed by atoms with van der Waals surface area (Å²) in [6.45, 7) is 0. The molecule has 1 heterocycles. The number of hydrazine groups is 1. The van der Waals surface area contributed by atoms with E-state index in [0.29, 0.717) is 5.69 Å². The maximum Gasteiger partial charge on any atom is 0.286 e. The molecule has 6 heteroatoms. The number of nitrogens with one attached hydrogen (secondary N) is 3. The van der Waals surface area contributed by atoms with Crippen molar-refractivity contribution in [2.75, 3.05) is 5.75 Å². The molecule has 0 unspecified atom stereocenters. The lowest BCUT2D eigenvalue weighted by Gasteiger charge is -2.06. The summed E-state index contributed by atoms with van der Waals surface area (Å²) in [5, 5.41) is 0. The van der Waals surface area contributed by atoms with Crippen LogP contribution in [0.15, 0.2) is 53.6 Å². The summed E-state index contributed by atoms with van der Waals surface area (Å²) in [5.41, 5.74) is 5.10. The fraction of sp³-hybridized carbons (Fsp3) is 0.0769. The molecule has 0 atom stereocenters. The van der Waals surface area contributed by atoms with E-state index in [1.165, 1.54) is 11.8 Å². The van der Waals surface area contributed by atoms with Gasteiger partial charge in [0.05, 0.1) is 5.75 Å². The van der Waals surface area contributed by atoms with Crippen LogP contribution in [0.25, 0.3) is 0 Å². The number of carbonyl (C=O) groups excluding carboxylic acids is 2. The number of benzene rings is 1. The quantitative estimate of drug-likeness (QED) is 0.585. The third-order valence-corrected chi connectivity index (χ3v) is 3.28. The smallest absolute Gasteiger partial charge is 0.286 e. The van der Waals surface area contributed by atoms with E-state index in [1.807, 2.05) is 30.3 Å². The van der Waals surface area contributed by atoms with Crippen LogP contribution in [0.4, 0.5) is 0 Å². The summed E-state index contributed by atoms with van der Waals surface area (Å²) in [5.74, 6) is -0.383. The summed E-state index contributed by atoms with van der Waals surface area (Å²) < 4.78 is 0. The number of hydrogen-bond acceptors (Lipinski definition) is 3. The molecule has 0 radical (unpaired) electrons. The number of thioether (sulfide) groups is 1. The van der Waals surface area contributed by atoms with Crippen LogP contribution in [0.2, 0.25) is 0 Å². The first-order chi connectivity index (χ1) is 9.25. The van der Waals surface area contributed by atoms with Crippen LogP contribution < -0.4 is 10.9 Å². The Morgan fingerprint density at radius 1 is 1.05 bits per heavy atom. The van der Waals surface area contributed by atoms with Crippen molar-refractivity contribution in [2.45, 2.75) is 4.90 Å². The van der Waals surface area contributed by atoms with Crippen LogP contribution in [0.3, 0.4) is 0 Å². The van der Waals surface area contributed by atoms with Crippen molar-refractivity contribution in [3.8, 4) is 0 Å². The number of aromatic nitrogens is 1. The average Bonchev–Trinajstić information content (AvgIpc) is 2.98. The molecule has 0 saturated carbocycles. The van der Waals surface area contributed by atoms with Gasteiger partial charge in [0.1, 0.15) is 5.69 Å². The number of amides is 2. The third-order valence-electron chi connectivity index (χ3n) is 2.27. The molecule has 0 saturated heterocycles. The fourth-order valence-electron chi connectivity index (χ4n) is 1.37. The third kappa shape index (κ3) is 4.18. The van der Waals surface area contributed by atoms with Gasteiger partial charge in [-0.15, -0.1) is 11.8 Å². The van der Waals surface area contributed by atoms with Gasteiger partial charge in [0, 0.05) is 11.1 Å². The second-order valence-electron chi connectivity index (χ2n) is 3.69. The van der Waals surface area contributed by atoms with Crippen LogP contribution in [0, 0.1) is 0 Å². The van der Waals surface area contributed by atoms with E-state index in [-0.39, 0.29) is 17.6 Å². The van der Waals surface area contributed by atoms with Crippen molar-refractivity contribution >= 4 is 23.6 Å². The predicted octanol–water partition coefficient (Wildman–Crippen LogP) is 1.57. The van der Waals surface area contributed by atoms with E-state index in [1.54, 1.807) is 18.3 Å². The minimum Gasteiger partial charge on any atom is -0.357 e. The molecule has 1 aromatic carbocycles. The Morgan fingerprint density at radius 2 is 1.84 bits per heavy atom. The van der Waals surface area contributed by atoms with Gasteiger partial charge in [0.2, 0.25) is 5.91 Å². The Bertz CT molecular complexity index is 540. The van der Waals surface area contributed by atoms with Gasteiger partial charge < -0.3 is 4.98 Å². The van der Waals surface area contributed by atoms with Gasteiger partial charge >= 0.3 is 0 Å². The van der Waals surface area contributed by atoms with Crippen molar-refractivity contribution < 1.29 is 9.59 Å². The Balaban J connectivity index is 1.72. The highest BCUT2D eigenvalue weighted by Gasteiger charge is 2.07. The Hall–Kier alpha value is -2.21. The van der Waals surface area contributed by atoms with Crippen LogP contribution in [0.5, 0.6) is 0 Å². The first-order valence-corrected chi connectivity index (χ1v) is 6.64. The highest BCUT2D eigenvalue weighted by atomic mass is 32.2. The fourth-order valence-corrected chi connectivity index (χ4v) is 2.09. The standard InChI is InChI=1S/C13H13N3O2S/c17-12(9-19-10-5-2-1-3-6-10)15-16-13(18)11-7-4-8-14-11/h1-8,14H,9H2,(H,15,17)(H,16,18). The lowest BCUT2D eigenvalue weighted by molar-refractivity contribution is -0.119. The lowest BCUT2D eigenvalue weighted by Crippen LogP contribution is -2.42. The predicted molar refractivity (Wildman–Crippen MR) is 73.6 cm³/mol. The normalized spacial score (nSPS) is 9.89. The Kier molecular flexibility index (Phi) is 4.63. The van der Waals surface area contributed by atoms with Crippen molar-refractivity contribution in [1.29, 1.82) is 0 Å². The van der Waals surface area contributed by atoms with Gasteiger partial charge in [0.25, 0.3) is 5.91 Å². The van der Waals surface area contributed by atoms with Gasteiger partial charge in [-0.3, -0.25) is 20.4 Å². The molecule has 2 aromatic rings. The molecule has 0 spiro atoms. The van der Waals surface area contributed by atoms with E-state index in [4.69, 9.17) is 0 Å². The molecule has 0 aliphatic heterocycles. The first-order valence-electron chi connectivity index (χ1n) is 5.66. The number of hydrogen-bond donors (Lipinski definition) is 3. The van der Waals surface area contributed by atoms with Gasteiger partial charge in [-0.2, -0.15) is 0 Å². The van der Waals surface area contributed by atoms with Crippen LogP contribution >= 0.6 is 11.8 Å². The molecule has 2 amide bonds. The summed E-state index contributed by atoms with van der Waals surface area (Å²) in [4.78, 5) is 26.8. The van der Waals surface area contributed by atoms with Crippen molar-refractivity contribution in [3.05, 3.63) is 54.4 Å². The molecule has 3 N–H and O–H groups in total. The maximum absolute atomic E-state index is 11.5. The molecule has 98 valence electrons. The topological polar surface area (TPSA) is 74.0 Å². The molecule has 0 aliphatic carbocycles. The molecule has 0 aliphatic rings. The van der Waals surface area contributed by atoms with E-state index in [9.17, 15) is 9.59 Å². The zero-order chi connectivity index (χ0) is 13.5. The highest BCUT2D eigenvalue weighted by Crippen LogP contribution is 2.15. The molecule has 0 bridgehead atoms. The van der Waals surface area contributed by atoms with Crippen LogP contribution in [0.1, 0.15) is 10.5 Å². The molecular weight excluding hydrogens is 262 g/mol. The zero-order valence-electron chi connectivity index (χ0n) is 10.1. The van der Waals surface area contributed by atoms with Crippen LogP contribution in [-0.4, -0.2) is 22.6 Å². The van der Waals surface area contributed by atoms with Crippen molar-refractivity contribution in [3.63, 3.8) is 0 Å². The van der Waals surface area contributed by atoms with E-state index >= 15 is 0 Å². The summed E-state index contributed by atoms with van der Waals surface area (Å²) >= 11 is 1.41. The zero-order valence-corrected chi connectivity index (χ0v) is 10.9. The molecule has 19 heavy (non-hydrogen) atoms. The minimum absolute atomic E-state index is 0.245. The van der Waals surface area contributed by atoms with E-state index in [2.05, 4.69) is 15.8 Å². The van der Waals surface area contributed by atoms with Crippen LogP contribution in [-0.2, 0) is 4.79 Å². The lowest BCUT2D eigenvalue weighted by atomic mass is 10.4. The molecule has 0 fully saturated rings. The second kappa shape index (κ2) is 6.65. The average molecular weight is 275 g/mol. The van der Waals surface area contributed by atoms with Gasteiger partial charge in [0.15, 0.2) is 0 Å². The maximum atomic E-state index is 11.5. The first kappa shape index (κ1) is 13.2. The minimum atomic E-state index is -0.372. The summed E-state index contributed by atoms with van der Waals surface area (Å²) in [7, 11) is 0. The molecule has 5 nitrogen and oxygen atoms in total. The molecule has 2 rings (SSSR count). The van der Waals surface area contributed by atoms with E-state index < -0.39 is 0 Å². The molecular formula is C13H13N3O2S. The van der Waals surface area contributed by atoms with Crippen molar-refractivity contribution in [1.82, 2.24) is 15.8 Å². The number of carbonyl (C=O) groups is 2. The van der Waals surface area contributed by atoms with Crippen molar-refractivity contribution in [2.24, 2.45) is 0 Å². The number of H-pyrrole nitrogens is 1. The monoisotopic (exact) mass is 275 g/mol. The van der Waals surface area contributed by atoms with Gasteiger partial charge in [-0.25, -0.2) is 0 Å². The largest absolute Gasteiger partial charge is 0.357 e. The highest BCUT2D eigenvalue weighted by molar-refractivity contribution is 8.00. The number of aromatic amines is 1. The Labute approximate surface area is 114 Å². The van der Waals surface area contributed by atoms with E-state index in [0.717, 1.165) is 4.90 Å². The number of rotatable bonds is 4.